The quantitative estimate of drug-likeness (QED) is 0.730. The summed E-state index contributed by atoms with van der Waals surface area (Å²) < 4.78 is 1.74. The van der Waals surface area contributed by atoms with E-state index in [2.05, 4.69) is 23.3 Å². The molecule has 0 aliphatic carbocycles. The largest absolute Gasteiger partial charge is 0.333 e. The van der Waals surface area contributed by atoms with Crippen LogP contribution in [-0.2, 0) is 13.0 Å². The fourth-order valence-electron chi connectivity index (χ4n) is 2.99. The van der Waals surface area contributed by atoms with E-state index >= 15 is 0 Å². The van der Waals surface area contributed by atoms with Crippen molar-refractivity contribution in [3.05, 3.63) is 83.7 Å². The lowest BCUT2D eigenvalue weighted by Gasteiger charge is -2.28. The van der Waals surface area contributed by atoms with Crippen LogP contribution in [0.3, 0.4) is 0 Å². The van der Waals surface area contributed by atoms with Crippen LogP contribution in [0.15, 0.2) is 66.9 Å². The molecule has 4 rings (SSSR count). The van der Waals surface area contributed by atoms with Gasteiger partial charge in [-0.15, -0.1) is 0 Å². The maximum absolute atomic E-state index is 12.7. The van der Waals surface area contributed by atoms with E-state index in [1.807, 2.05) is 47.5 Å². The molecule has 0 spiro atoms. The van der Waals surface area contributed by atoms with Gasteiger partial charge in [-0.1, -0.05) is 42.5 Å². The van der Waals surface area contributed by atoms with E-state index in [9.17, 15) is 4.79 Å². The predicted molar refractivity (Wildman–Crippen MR) is 88.5 cm³/mol. The fraction of sp³-hybridized carbons (Fsp3) is 0.158. The molecule has 0 fully saturated rings. The standard InChI is InChI=1S/C19H17N3O/c23-19(21-12-10-15-6-4-5-7-16(15)14-21)18-11-13-22(20-18)17-8-2-1-3-9-17/h1-9,11,13H,10,12,14H2. The second kappa shape index (κ2) is 5.72. The van der Waals surface area contributed by atoms with Crippen molar-refractivity contribution in [3.63, 3.8) is 0 Å². The van der Waals surface area contributed by atoms with E-state index in [0.29, 0.717) is 12.2 Å². The number of hydrogen-bond acceptors (Lipinski definition) is 2. The monoisotopic (exact) mass is 303 g/mol. The maximum atomic E-state index is 12.7. The minimum absolute atomic E-state index is 0.00539. The van der Waals surface area contributed by atoms with Crippen LogP contribution < -0.4 is 0 Å². The van der Waals surface area contributed by atoms with E-state index in [4.69, 9.17) is 0 Å². The zero-order valence-corrected chi connectivity index (χ0v) is 12.7. The molecule has 4 heteroatoms. The Morgan fingerprint density at radius 2 is 1.65 bits per heavy atom. The van der Waals surface area contributed by atoms with Crippen LogP contribution in [0.25, 0.3) is 5.69 Å². The average molecular weight is 303 g/mol. The highest BCUT2D eigenvalue weighted by Crippen LogP contribution is 2.20. The van der Waals surface area contributed by atoms with Crippen molar-refractivity contribution in [1.29, 1.82) is 0 Å². The summed E-state index contributed by atoms with van der Waals surface area (Å²) in [5, 5.41) is 4.44. The van der Waals surface area contributed by atoms with Gasteiger partial charge in [0.25, 0.3) is 5.91 Å². The van der Waals surface area contributed by atoms with E-state index < -0.39 is 0 Å². The maximum Gasteiger partial charge on any atom is 0.274 e. The molecule has 0 saturated heterocycles. The number of rotatable bonds is 2. The minimum atomic E-state index is -0.00539. The molecule has 0 radical (unpaired) electrons. The molecule has 1 aromatic heterocycles. The molecule has 2 aromatic carbocycles. The van der Waals surface area contributed by atoms with Crippen LogP contribution in [-0.4, -0.2) is 27.1 Å². The second-order valence-corrected chi connectivity index (χ2v) is 5.73. The van der Waals surface area contributed by atoms with Gasteiger partial charge in [0, 0.05) is 19.3 Å². The predicted octanol–water partition coefficient (Wildman–Crippen LogP) is 3.07. The van der Waals surface area contributed by atoms with E-state index in [1.165, 1.54) is 11.1 Å². The Morgan fingerprint density at radius 3 is 2.48 bits per heavy atom. The van der Waals surface area contributed by atoms with Crippen molar-refractivity contribution in [2.24, 2.45) is 0 Å². The number of carbonyl (C=O) groups excluding carboxylic acids is 1. The summed E-state index contributed by atoms with van der Waals surface area (Å²) in [4.78, 5) is 14.6. The molecule has 0 N–H and O–H groups in total. The molecular formula is C19H17N3O. The Balaban J connectivity index is 1.55. The third-order valence-electron chi connectivity index (χ3n) is 4.25. The van der Waals surface area contributed by atoms with Crippen LogP contribution in [0.1, 0.15) is 21.6 Å². The van der Waals surface area contributed by atoms with Crippen LogP contribution >= 0.6 is 0 Å². The molecule has 1 aliphatic heterocycles. The number of para-hydroxylation sites is 1. The molecule has 1 aliphatic rings. The second-order valence-electron chi connectivity index (χ2n) is 5.73. The average Bonchev–Trinajstić information content (AvgIpc) is 3.11. The van der Waals surface area contributed by atoms with Crippen LogP contribution in [0.4, 0.5) is 0 Å². The smallest absolute Gasteiger partial charge is 0.274 e. The SMILES string of the molecule is O=C(c1ccn(-c2ccccc2)n1)N1CCc2ccccc2C1. The lowest BCUT2D eigenvalue weighted by atomic mass is 10.00. The summed E-state index contributed by atoms with van der Waals surface area (Å²) in [6, 6.07) is 19.9. The van der Waals surface area contributed by atoms with Gasteiger partial charge in [0.05, 0.1) is 5.69 Å². The summed E-state index contributed by atoms with van der Waals surface area (Å²) in [6.45, 7) is 1.40. The highest BCUT2D eigenvalue weighted by Gasteiger charge is 2.23. The summed E-state index contributed by atoms with van der Waals surface area (Å²) in [5.41, 5.74) is 4.02. The first-order valence-electron chi connectivity index (χ1n) is 7.78. The zero-order chi connectivity index (χ0) is 15.6. The lowest BCUT2D eigenvalue weighted by Crippen LogP contribution is -2.36. The first-order chi connectivity index (χ1) is 11.3. The van der Waals surface area contributed by atoms with E-state index in [0.717, 1.165) is 18.7 Å². The van der Waals surface area contributed by atoms with Crippen molar-refractivity contribution >= 4 is 5.91 Å². The number of benzene rings is 2. The molecule has 2 heterocycles. The van der Waals surface area contributed by atoms with E-state index in [-0.39, 0.29) is 5.91 Å². The Morgan fingerprint density at radius 1 is 0.913 bits per heavy atom. The number of aromatic nitrogens is 2. The summed E-state index contributed by atoms with van der Waals surface area (Å²) in [7, 11) is 0. The fourth-order valence-corrected chi connectivity index (χ4v) is 2.99. The van der Waals surface area contributed by atoms with Gasteiger partial charge in [-0.25, -0.2) is 4.68 Å². The highest BCUT2D eigenvalue weighted by molar-refractivity contribution is 5.92. The Kier molecular flexibility index (Phi) is 3.42. The topological polar surface area (TPSA) is 38.1 Å². The third-order valence-corrected chi connectivity index (χ3v) is 4.25. The molecule has 0 bridgehead atoms. The van der Waals surface area contributed by atoms with Crippen LogP contribution in [0, 0.1) is 0 Å². The van der Waals surface area contributed by atoms with Crippen molar-refractivity contribution in [1.82, 2.24) is 14.7 Å². The minimum Gasteiger partial charge on any atom is -0.333 e. The van der Waals surface area contributed by atoms with Crippen molar-refractivity contribution < 1.29 is 4.79 Å². The van der Waals surface area contributed by atoms with Crippen molar-refractivity contribution in [2.75, 3.05) is 6.54 Å². The van der Waals surface area contributed by atoms with Gasteiger partial charge < -0.3 is 4.90 Å². The summed E-state index contributed by atoms with van der Waals surface area (Å²) >= 11 is 0. The normalized spacial score (nSPS) is 13.7. The first kappa shape index (κ1) is 13.8. The number of fused-ring (bicyclic) bond motifs is 1. The number of carbonyl (C=O) groups is 1. The van der Waals surface area contributed by atoms with Gasteiger partial charge >= 0.3 is 0 Å². The van der Waals surface area contributed by atoms with Gasteiger partial charge in [-0.05, 0) is 35.7 Å². The molecule has 3 aromatic rings. The highest BCUT2D eigenvalue weighted by atomic mass is 16.2. The zero-order valence-electron chi connectivity index (χ0n) is 12.7. The van der Waals surface area contributed by atoms with Gasteiger partial charge in [-0.3, -0.25) is 4.79 Å². The van der Waals surface area contributed by atoms with Crippen molar-refractivity contribution in [2.45, 2.75) is 13.0 Å². The van der Waals surface area contributed by atoms with E-state index in [1.54, 1.807) is 10.7 Å². The lowest BCUT2D eigenvalue weighted by molar-refractivity contribution is 0.0728. The molecule has 0 unspecified atom stereocenters. The van der Waals surface area contributed by atoms with Gasteiger partial charge in [-0.2, -0.15) is 5.10 Å². The van der Waals surface area contributed by atoms with Crippen LogP contribution in [0.5, 0.6) is 0 Å². The number of hydrogen-bond donors (Lipinski definition) is 0. The molecule has 114 valence electrons. The number of nitrogens with zero attached hydrogens (tertiary/aromatic N) is 3. The molecular weight excluding hydrogens is 286 g/mol. The first-order valence-corrected chi connectivity index (χ1v) is 7.78. The Bertz CT molecular complexity index is 839. The van der Waals surface area contributed by atoms with Gasteiger partial charge in [0.1, 0.15) is 0 Å². The van der Waals surface area contributed by atoms with Gasteiger partial charge in [0.15, 0.2) is 5.69 Å². The third kappa shape index (κ3) is 2.63. The summed E-state index contributed by atoms with van der Waals surface area (Å²) in [5.74, 6) is -0.00539. The molecule has 23 heavy (non-hydrogen) atoms. The number of amides is 1. The molecule has 0 atom stereocenters. The molecule has 0 saturated carbocycles. The van der Waals surface area contributed by atoms with Crippen LogP contribution in [0.2, 0.25) is 0 Å². The molecule has 1 amide bonds. The Hall–Kier alpha value is -2.88. The summed E-state index contributed by atoms with van der Waals surface area (Å²) in [6.07, 6.45) is 2.74. The van der Waals surface area contributed by atoms with Crippen molar-refractivity contribution in [3.8, 4) is 5.69 Å². The Labute approximate surface area is 135 Å². The molecule has 4 nitrogen and oxygen atoms in total. The van der Waals surface area contributed by atoms with Gasteiger partial charge in [0.2, 0.25) is 0 Å².